The molecule has 1 aromatic heterocycles. The Morgan fingerprint density at radius 3 is 2.69 bits per heavy atom. The van der Waals surface area contributed by atoms with Crippen LogP contribution in [-0.4, -0.2) is 34.8 Å². The Balaban J connectivity index is 1.79. The molecule has 1 N–H and O–H groups in total. The number of carbonyl (C=O) groups is 1. The van der Waals surface area contributed by atoms with Crippen molar-refractivity contribution in [1.82, 2.24) is 4.57 Å². The van der Waals surface area contributed by atoms with Crippen LogP contribution >= 0.6 is 0 Å². The zero-order chi connectivity index (χ0) is 22.7. The predicted octanol–water partition coefficient (Wildman–Crippen LogP) is 4.63. The van der Waals surface area contributed by atoms with Crippen LogP contribution in [0.4, 0.5) is 18.9 Å². The van der Waals surface area contributed by atoms with Crippen molar-refractivity contribution >= 4 is 22.6 Å². The number of halogens is 3. The fraction of sp³-hybridized carbons (Fsp3) is 0.391. The van der Waals surface area contributed by atoms with E-state index in [1.54, 1.807) is 4.90 Å². The lowest BCUT2D eigenvalue weighted by Crippen LogP contribution is -2.31. The standard InChI is InChI=1S/C23H21F3N2O4/c1-11-14-5-3-2-4-12(14)9-27(11)19-17(24)8-15-18(21(19)32-23(25)26)28(13-6-7-13)10-16(20(15)29)22(30)31/h3,5,8,10-11,13,23H,2,4,6-7,9H2,1H3,(H,30,31)/t11-/m1/s1. The molecular weight excluding hydrogens is 425 g/mol. The van der Waals surface area contributed by atoms with E-state index in [0.717, 1.165) is 36.3 Å². The molecule has 32 heavy (non-hydrogen) atoms. The highest BCUT2D eigenvalue weighted by Gasteiger charge is 2.36. The molecule has 168 valence electrons. The van der Waals surface area contributed by atoms with Crippen LogP contribution in [0.25, 0.3) is 10.9 Å². The first-order valence-electron chi connectivity index (χ1n) is 10.5. The van der Waals surface area contributed by atoms with Gasteiger partial charge >= 0.3 is 12.6 Å². The van der Waals surface area contributed by atoms with Crippen LogP contribution in [0.15, 0.2) is 40.4 Å². The topological polar surface area (TPSA) is 71.8 Å². The lowest BCUT2D eigenvalue weighted by Gasteiger charge is -2.29. The first-order valence-corrected chi connectivity index (χ1v) is 10.5. The summed E-state index contributed by atoms with van der Waals surface area (Å²) >= 11 is 0. The van der Waals surface area contributed by atoms with E-state index in [-0.39, 0.29) is 28.7 Å². The van der Waals surface area contributed by atoms with E-state index in [9.17, 15) is 23.5 Å². The largest absolute Gasteiger partial charge is 0.477 e. The van der Waals surface area contributed by atoms with Gasteiger partial charge in [0.15, 0.2) is 11.6 Å². The highest BCUT2D eigenvalue weighted by atomic mass is 19.3. The molecule has 0 amide bonds. The van der Waals surface area contributed by atoms with Gasteiger partial charge in [0.25, 0.3) is 0 Å². The summed E-state index contributed by atoms with van der Waals surface area (Å²) in [5.74, 6) is -2.78. The van der Waals surface area contributed by atoms with Crippen molar-refractivity contribution in [2.45, 2.75) is 51.3 Å². The number of benzene rings is 1. The molecule has 5 rings (SSSR count). The zero-order valence-electron chi connectivity index (χ0n) is 17.3. The van der Waals surface area contributed by atoms with Crippen LogP contribution in [0.2, 0.25) is 0 Å². The molecule has 2 heterocycles. The number of hydrogen-bond donors (Lipinski definition) is 1. The molecule has 0 saturated heterocycles. The summed E-state index contributed by atoms with van der Waals surface area (Å²) in [5, 5.41) is 9.16. The number of carboxylic acid groups (broad SMARTS) is 1. The second-order valence-corrected chi connectivity index (χ2v) is 8.43. The van der Waals surface area contributed by atoms with Gasteiger partial charge in [0.05, 0.1) is 16.9 Å². The molecule has 0 bridgehead atoms. The molecule has 1 fully saturated rings. The Kier molecular flexibility index (Phi) is 4.79. The van der Waals surface area contributed by atoms with Crippen molar-refractivity contribution in [3.63, 3.8) is 0 Å². The van der Waals surface area contributed by atoms with E-state index in [4.69, 9.17) is 4.74 Å². The zero-order valence-corrected chi connectivity index (χ0v) is 17.3. The van der Waals surface area contributed by atoms with E-state index >= 15 is 4.39 Å². The van der Waals surface area contributed by atoms with Crippen molar-refractivity contribution in [2.24, 2.45) is 0 Å². The van der Waals surface area contributed by atoms with E-state index in [0.29, 0.717) is 19.4 Å². The SMILES string of the molecule is C[C@@H]1C2=C(CCC=C2)CN1c1c(F)cc2c(=O)c(C(=O)O)cn(C3CC3)c2c1OC(F)F. The van der Waals surface area contributed by atoms with Crippen molar-refractivity contribution in [1.29, 1.82) is 0 Å². The average molecular weight is 446 g/mol. The molecule has 1 aliphatic heterocycles. The lowest BCUT2D eigenvalue weighted by molar-refractivity contribution is -0.0488. The summed E-state index contributed by atoms with van der Waals surface area (Å²) in [5.41, 5.74) is 0.555. The van der Waals surface area contributed by atoms with Crippen LogP contribution in [0.3, 0.4) is 0 Å². The van der Waals surface area contributed by atoms with Gasteiger partial charge in [-0.2, -0.15) is 8.78 Å². The van der Waals surface area contributed by atoms with Crippen LogP contribution in [-0.2, 0) is 0 Å². The molecule has 9 heteroatoms. The number of aromatic carboxylic acids is 1. The first-order chi connectivity index (χ1) is 15.3. The van der Waals surface area contributed by atoms with Gasteiger partial charge in [0.1, 0.15) is 11.3 Å². The third-order valence-corrected chi connectivity index (χ3v) is 6.46. The number of aromatic nitrogens is 1. The monoisotopic (exact) mass is 446 g/mol. The third-order valence-electron chi connectivity index (χ3n) is 6.46. The Bertz CT molecular complexity index is 1260. The summed E-state index contributed by atoms with van der Waals surface area (Å²) in [6.07, 6.45) is 8.22. The van der Waals surface area contributed by atoms with Gasteiger partial charge in [-0.05, 0) is 49.8 Å². The third kappa shape index (κ3) is 3.18. The number of pyridine rings is 1. The number of carboxylic acids is 1. The van der Waals surface area contributed by atoms with E-state index in [1.807, 2.05) is 19.1 Å². The van der Waals surface area contributed by atoms with Crippen molar-refractivity contribution in [2.75, 3.05) is 11.4 Å². The lowest BCUT2D eigenvalue weighted by atomic mass is 9.97. The van der Waals surface area contributed by atoms with E-state index < -0.39 is 35.1 Å². The Hall–Kier alpha value is -3.23. The Morgan fingerprint density at radius 2 is 2.06 bits per heavy atom. The average Bonchev–Trinajstić information content (AvgIpc) is 3.53. The van der Waals surface area contributed by atoms with Crippen molar-refractivity contribution < 1.29 is 27.8 Å². The second-order valence-electron chi connectivity index (χ2n) is 8.43. The maximum absolute atomic E-state index is 15.5. The molecule has 0 unspecified atom stereocenters. The summed E-state index contributed by atoms with van der Waals surface area (Å²) in [7, 11) is 0. The molecule has 6 nitrogen and oxygen atoms in total. The fourth-order valence-corrected chi connectivity index (χ4v) is 4.82. The molecule has 3 aliphatic rings. The van der Waals surface area contributed by atoms with E-state index in [2.05, 4.69) is 0 Å². The smallest absolute Gasteiger partial charge is 0.387 e. The summed E-state index contributed by atoms with van der Waals surface area (Å²) < 4.78 is 48.9. The number of nitrogens with zero attached hydrogens (tertiary/aromatic N) is 2. The minimum Gasteiger partial charge on any atom is -0.477 e. The molecule has 1 aromatic carbocycles. The highest BCUT2D eigenvalue weighted by molar-refractivity contribution is 5.97. The molecule has 1 saturated carbocycles. The van der Waals surface area contributed by atoms with Gasteiger partial charge in [-0.15, -0.1) is 0 Å². The molecule has 2 aromatic rings. The number of rotatable bonds is 5. The molecule has 0 radical (unpaired) electrons. The van der Waals surface area contributed by atoms with Gasteiger partial charge in [-0.3, -0.25) is 4.79 Å². The summed E-state index contributed by atoms with van der Waals surface area (Å²) in [6, 6.07) is 0.518. The number of hydrogen-bond acceptors (Lipinski definition) is 4. The number of alkyl halides is 2. The Morgan fingerprint density at radius 1 is 1.31 bits per heavy atom. The van der Waals surface area contributed by atoms with Gasteiger partial charge < -0.3 is 19.3 Å². The highest BCUT2D eigenvalue weighted by Crippen LogP contribution is 2.47. The van der Waals surface area contributed by atoms with Gasteiger partial charge in [0.2, 0.25) is 5.43 Å². The van der Waals surface area contributed by atoms with Gasteiger partial charge in [0, 0.05) is 18.8 Å². The maximum atomic E-state index is 15.5. The normalized spacial score (nSPS) is 20.4. The second kappa shape index (κ2) is 7.43. The number of allylic oxidation sites excluding steroid dienone is 1. The molecule has 2 aliphatic carbocycles. The Labute approximate surface area is 181 Å². The number of ether oxygens (including phenoxy) is 1. The van der Waals surface area contributed by atoms with Gasteiger partial charge in [-0.1, -0.05) is 12.2 Å². The molecule has 1 atom stereocenters. The van der Waals surface area contributed by atoms with E-state index in [1.165, 1.54) is 4.57 Å². The van der Waals surface area contributed by atoms with Crippen molar-refractivity contribution in [3.05, 3.63) is 57.2 Å². The number of fused-ring (bicyclic) bond motifs is 1. The van der Waals surface area contributed by atoms with Gasteiger partial charge in [-0.25, -0.2) is 9.18 Å². The number of anilines is 1. The quantitative estimate of drug-likeness (QED) is 0.725. The summed E-state index contributed by atoms with van der Waals surface area (Å²) in [6.45, 7) is -1.01. The minimum absolute atomic E-state index is 0.00631. The van der Waals surface area contributed by atoms with Crippen LogP contribution < -0.4 is 15.1 Å². The predicted molar refractivity (Wildman–Crippen MR) is 112 cm³/mol. The minimum atomic E-state index is -3.25. The van der Waals surface area contributed by atoms with Crippen LogP contribution in [0.5, 0.6) is 5.75 Å². The van der Waals surface area contributed by atoms with Crippen LogP contribution in [0.1, 0.15) is 49.0 Å². The molecular formula is C23H21F3N2O4. The summed E-state index contributed by atoms with van der Waals surface area (Å²) in [4.78, 5) is 26.1. The van der Waals surface area contributed by atoms with Crippen LogP contribution in [0, 0.1) is 5.82 Å². The fourth-order valence-electron chi connectivity index (χ4n) is 4.82. The van der Waals surface area contributed by atoms with Crippen molar-refractivity contribution in [3.8, 4) is 5.75 Å². The molecule has 0 spiro atoms. The first kappa shape index (κ1) is 20.7. The maximum Gasteiger partial charge on any atom is 0.387 e.